The molecule has 2 fully saturated rings. The number of hydrogen-bond acceptors (Lipinski definition) is 4. The molecule has 1 aromatic heterocycles. The summed E-state index contributed by atoms with van der Waals surface area (Å²) < 4.78 is 6.05. The highest BCUT2D eigenvalue weighted by molar-refractivity contribution is 8.18. The van der Waals surface area contributed by atoms with E-state index in [2.05, 4.69) is 13.0 Å². The highest BCUT2D eigenvalue weighted by atomic mass is 35.5. The maximum absolute atomic E-state index is 13.6. The van der Waals surface area contributed by atoms with E-state index in [1.165, 1.54) is 23.7 Å². The Balaban J connectivity index is 1.47. The van der Waals surface area contributed by atoms with Gasteiger partial charge >= 0.3 is 0 Å². The van der Waals surface area contributed by atoms with Crippen molar-refractivity contribution < 1.29 is 9.21 Å². The Labute approximate surface area is 209 Å². The fourth-order valence-electron chi connectivity index (χ4n) is 4.58. The number of aliphatic imine (C=N–C) groups is 1. The molecule has 6 heteroatoms. The van der Waals surface area contributed by atoms with Crippen LogP contribution < -0.4 is 0 Å². The molecule has 1 saturated heterocycles. The van der Waals surface area contributed by atoms with Crippen molar-refractivity contribution in [3.8, 4) is 11.3 Å². The number of amidine groups is 1. The predicted octanol–water partition coefficient (Wildman–Crippen LogP) is 8.10. The highest BCUT2D eigenvalue weighted by Crippen LogP contribution is 2.39. The summed E-state index contributed by atoms with van der Waals surface area (Å²) in [6.07, 6.45) is 8.33. The van der Waals surface area contributed by atoms with Crippen LogP contribution in [0.25, 0.3) is 17.4 Å². The van der Waals surface area contributed by atoms with Crippen LogP contribution in [-0.2, 0) is 11.2 Å². The second kappa shape index (κ2) is 10.2. The van der Waals surface area contributed by atoms with Gasteiger partial charge in [0.1, 0.15) is 11.5 Å². The number of halogens is 1. The number of para-hydroxylation sites is 1. The van der Waals surface area contributed by atoms with E-state index in [-0.39, 0.29) is 11.9 Å². The van der Waals surface area contributed by atoms with Crippen LogP contribution in [0.1, 0.15) is 50.4 Å². The number of amides is 1. The average molecular weight is 491 g/mol. The Bertz CT molecular complexity index is 1240. The number of rotatable bonds is 5. The van der Waals surface area contributed by atoms with E-state index in [4.69, 9.17) is 21.0 Å². The number of aryl methyl sites for hydroxylation is 1. The van der Waals surface area contributed by atoms with Crippen molar-refractivity contribution in [3.63, 3.8) is 0 Å². The van der Waals surface area contributed by atoms with Gasteiger partial charge in [0, 0.05) is 22.7 Å². The Morgan fingerprint density at radius 1 is 1.06 bits per heavy atom. The number of benzene rings is 2. The third kappa shape index (κ3) is 4.86. The van der Waals surface area contributed by atoms with Gasteiger partial charge in [-0.2, -0.15) is 0 Å². The van der Waals surface area contributed by atoms with Gasteiger partial charge in [0.25, 0.3) is 5.91 Å². The van der Waals surface area contributed by atoms with Gasteiger partial charge in [-0.1, -0.05) is 56.0 Å². The smallest absolute Gasteiger partial charge is 0.267 e. The van der Waals surface area contributed by atoms with Crippen LogP contribution in [0.5, 0.6) is 0 Å². The normalized spacial score (nSPS) is 19.5. The van der Waals surface area contributed by atoms with Gasteiger partial charge in [-0.05, 0) is 79.1 Å². The second-order valence-electron chi connectivity index (χ2n) is 8.66. The molecule has 2 aromatic carbocycles. The molecule has 0 N–H and O–H groups in total. The Hall–Kier alpha value is -2.76. The molecule has 0 atom stereocenters. The lowest BCUT2D eigenvalue weighted by molar-refractivity contribution is -0.124. The predicted molar refractivity (Wildman–Crippen MR) is 141 cm³/mol. The van der Waals surface area contributed by atoms with Gasteiger partial charge in [0.15, 0.2) is 5.17 Å². The summed E-state index contributed by atoms with van der Waals surface area (Å²) in [7, 11) is 0. The number of carbonyl (C=O) groups excluding carboxylic acids is 1. The molecule has 0 radical (unpaired) electrons. The molecule has 34 heavy (non-hydrogen) atoms. The number of carbonyl (C=O) groups is 1. The molecule has 174 valence electrons. The summed E-state index contributed by atoms with van der Waals surface area (Å²) in [5.74, 6) is 1.42. The molecule has 2 heterocycles. The number of furan rings is 1. The molecule has 5 rings (SSSR count). The summed E-state index contributed by atoms with van der Waals surface area (Å²) in [6, 6.07) is 19.7. The quantitative estimate of drug-likeness (QED) is 0.339. The van der Waals surface area contributed by atoms with Crippen molar-refractivity contribution in [2.24, 2.45) is 4.99 Å². The van der Waals surface area contributed by atoms with Gasteiger partial charge in [-0.15, -0.1) is 0 Å². The summed E-state index contributed by atoms with van der Waals surface area (Å²) in [4.78, 5) is 21.2. The zero-order chi connectivity index (χ0) is 23.5. The Morgan fingerprint density at radius 3 is 2.59 bits per heavy atom. The second-order valence-corrected chi connectivity index (χ2v) is 10.1. The highest BCUT2D eigenvalue weighted by Gasteiger charge is 2.39. The number of hydrogen-bond donors (Lipinski definition) is 0. The minimum absolute atomic E-state index is 0.0223. The van der Waals surface area contributed by atoms with Crippen LogP contribution in [0, 0.1) is 0 Å². The lowest BCUT2D eigenvalue weighted by atomic mass is 9.94. The van der Waals surface area contributed by atoms with Gasteiger partial charge < -0.3 is 4.42 Å². The van der Waals surface area contributed by atoms with Gasteiger partial charge in [-0.25, -0.2) is 4.99 Å². The molecule has 1 aliphatic heterocycles. The van der Waals surface area contributed by atoms with Crippen LogP contribution in [0.3, 0.4) is 0 Å². The topological polar surface area (TPSA) is 45.8 Å². The zero-order valence-electron chi connectivity index (χ0n) is 19.2. The fraction of sp³-hybridized carbons (Fsp3) is 0.286. The molecular formula is C28H27ClN2O2S. The van der Waals surface area contributed by atoms with E-state index < -0.39 is 0 Å². The first-order valence-corrected chi connectivity index (χ1v) is 13.1. The lowest BCUT2D eigenvalue weighted by Gasteiger charge is -2.30. The van der Waals surface area contributed by atoms with E-state index in [9.17, 15) is 4.79 Å². The Morgan fingerprint density at radius 2 is 1.82 bits per heavy atom. The van der Waals surface area contributed by atoms with Crippen molar-refractivity contribution in [2.75, 3.05) is 0 Å². The van der Waals surface area contributed by atoms with Crippen molar-refractivity contribution >= 4 is 46.2 Å². The SMILES string of the molecule is CCc1ccccc1N=C1S/C(=C/c2ccc(-c3ccc(Cl)cc3)o2)C(=O)N1C1CCCCC1. The van der Waals surface area contributed by atoms with E-state index in [0.29, 0.717) is 15.7 Å². The van der Waals surface area contributed by atoms with Gasteiger partial charge in [0.05, 0.1) is 10.6 Å². The van der Waals surface area contributed by atoms with E-state index in [1.54, 1.807) is 0 Å². The van der Waals surface area contributed by atoms with Crippen LogP contribution in [0.15, 0.2) is 75.0 Å². The summed E-state index contributed by atoms with van der Waals surface area (Å²) in [5.41, 5.74) is 3.06. The summed E-state index contributed by atoms with van der Waals surface area (Å²) in [6.45, 7) is 2.13. The van der Waals surface area contributed by atoms with E-state index >= 15 is 0 Å². The molecule has 4 nitrogen and oxygen atoms in total. The zero-order valence-corrected chi connectivity index (χ0v) is 20.7. The molecule has 1 saturated carbocycles. The molecule has 0 spiro atoms. The van der Waals surface area contributed by atoms with Crippen LogP contribution in [0.4, 0.5) is 5.69 Å². The van der Waals surface area contributed by atoms with Crippen molar-refractivity contribution in [3.05, 3.63) is 81.9 Å². The lowest BCUT2D eigenvalue weighted by Crippen LogP contribution is -2.40. The molecule has 2 aliphatic rings. The summed E-state index contributed by atoms with van der Waals surface area (Å²) in [5, 5.41) is 1.46. The van der Waals surface area contributed by atoms with Crippen LogP contribution in [-0.4, -0.2) is 22.0 Å². The average Bonchev–Trinajstić information content (AvgIpc) is 3.45. The molecule has 1 amide bonds. The molecule has 0 unspecified atom stereocenters. The van der Waals surface area contributed by atoms with E-state index in [1.807, 2.05) is 65.6 Å². The number of thioether (sulfide) groups is 1. The molecular weight excluding hydrogens is 464 g/mol. The first kappa shape index (κ1) is 23.0. The van der Waals surface area contributed by atoms with E-state index in [0.717, 1.165) is 54.3 Å². The Kier molecular flexibility index (Phi) is 6.93. The van der Waals surface area contributed by atoms with Crippen LogP contribution >= 0.6 is 23.4 Å². The first-order valence-electron chi connectivity index (χ1n) is 11.9. The third-order valence-electron chi connectivity index (χ3n) is 6.39. The van der Waals surface area contributed by atoms with Gasteiger partial charge in [0.2, 0.25) is 0 Å². The third-order valence-corrected chi connectivity index (χ3v) is 7.63. The maximum Gasteiger partial charge on any atom is 0.267 e. The standard InChI is InChI=1S/C28H27ClN2O2S/c1-2-19-8-6-7-11-24(19)30-28-31(22-9-4-3-5-10-22)27(32)26(34-28)18-23-16-17-25(33-23)20-12-14-21(29)15-13-20/h6-8,11-18,22H,2-5,9-10H2,1H3/b26-18+,30-28?. The molecule has 0 bridgehead atoms. The number of nitrogens with zero attached hydrogens (tertiary/aromatic N) is 2. The van der Waals surface area contributed by atoms with Crippen LogP contribution in [0.2, 0.25) is 5.02 Å². The molecule has 3 aromatic rings. The van der Waals surface area contributed by atoms with Crippen molar-refractivity contribution in [1.82, 2.24) is 4.90 Å². The van der Waals surface area contributed by atoms with Gasteiger partial charge in [-0.3, -0.25) is 9.69 Å². The molecule has 1 aliphatic carbocycles. The largest absolute Gasteiger partial charge is 0.457 e. The fourth-order valence-corrected chi connectivity index (χ4v) is 5.73. The monoisotopic (exact) mass is 490 g/mol. The first-order chi connectivity index (χ1) is 16.6. The van der Waals surface area contributed by atoms with Crippen molar-refractivity contribution in [2.45, 2.75) is 51.5 Å². The maximum atomic E-state index is 13.6. The minimum Gasteiger partial charge on any atom is -0.457 e. The minimum atomic E-state index is 0.0223. The van der Waals surface area contributed by atoms with Crippen molar-refractivity contribution in [1.29, 1.82) is 0 Å². The summed E-state index contributed by atoms with van der Waals surface area (Å²) >= 11 is 7.45.